The van der Waals surface area contributed by atoms with E-state index in [0.717, 1.165) is 16.6 Å². The van der Waals surface area contributed by atoms with E-state index in [1.807, 2.05) is 30.5 Å². The molecule has 4 aromatic rings. The van der Waals surface area contributed by atoms with E-state index in [1.165, 1.54) is 11.1 Å². The Balaban J connectivity index is 1.81. The molecule has 0 atom stereocenters. The molecule has 2 nitrogen and oxygen atoms in total. The average Bonchev–Trinajstić information content (AvgIpc) is 3.03. The number of benzene rings is 2. The fraction of sp³-hybridized carbons (Fsp3) is 0. The van der Waals surface area contributed by atoms with Crippen molar-refractivity contribution in [3.63, 3.8) is 0 Å². The van der Waals surface area contributed by atoms with Gasteiger partial charge in [0.05, 0.1) is 22.7 Å². The van der Waals surface area contributed by atoms with Crippen LogP contribution in [-0.2, 0) is 0 Å². The second-order valence-corrected chi connectivity index (χ2v) is 5.05. The van der Waals surface area contributed by atoms with Crippen LogP contribution in [0.4, 0.5) is 0 Å². The molecular formula is C19H14N2. The van der Waals surface area contributed by atoms with E-state index in [-0.39, 0.29) is 0 Å². The van der Waals surface area contributed by atoms with Gasteiger partial charge >= 0.3 is 0 Å². The maximum atomic E-state index is 4.50. The Morgan fingerprint density at radius 1 is 0.810 bits per heavy atom. The fourth-order valence-electron chi connectivity index (χ4n) is 2.56. The van der Waals surface area contributed by atoms with Crippen LogP contribution in [0.5, 0.6) is 0 Å². The highest BCUT2D eigenvalue weighted by Gasteiger charge is 2.01. The Hall–Kier alpha value is -2.87. The van der Waals surface area contributed by atoms with Gasteiger partial charge in [0, 0.05) is 6.20 Å². The van der Waals surface area contributed by atoms with E-state index in [4.69, 9.17) is 0 Å². The molecule has 4 rings (SSSR count). The summed E-state index contributed by atoms with van der Waals surface area (Å²) in [5.74, 6) is 0. The van der Waals surface area contributed by atoms with Crippen molar-refractivity contribution in [3.8, 4) is 0 Å². The van der Waals surface area contributed by atoms with Gasteiger partial charge in [-0.1, -0.05) is 48.6 Å². The van der Waals surface area contributed by atoms with Gasteiger partial charge in [0.25, 0.3) is 0 Å². The molecule has 0 saturated heterocycles. The average molecular weight is 270 g/mol. The van der Waals surface area contributed by atoms with E-state index >= 15 is 0 Å². The lowest BCUT2D eigenvalue weighted by molar-refractivity contribution is 1.23. The molecule has 2 heterocycles. The van der Waals surface area contributed by atoms with Crippen molar-refractivity contribution in [2.24, 2.45) is 0 Å². The maximum Gasteiger partial charge on any atom is 0.0871 e. The number of hydrogen-bond donors (Lipinski definition) is 0. The van der Waals surface area contributed by atoms with Crippen LogP contribution in [0.25, 0.3) is 28.7 Å². The van der Waals surface area contributed by atoms with E-state index in [1.54, 1.807) is 0 Å². The molecule has 0 aliphatic heterocycles. The molecule has 0 aliphatic rings. The molecule has 0 saturated carbocycles. The van der Waals surface area contributed by atoms with Gasteiger partial charge in [0.2, 0.25) is 0 Å². The second kappa shape index (κ2) is 4.91. The fourth-order valence-corrected chi connectivity index (χ4v) is 2.56. The molecule has 0 spiro atoms. The summed E-state index contributed by atoms with van der Waals surface area (Å²) in [7, 11) is 0. The Morgan fingerprint density at radius 2 is 1.67 bits per heavy atom. The van der Waals surface area contributed by atoms with Gasteiger partial charge in [-0.25, -0.2) is 0 Å². The van der Waals surface area contributed by atoms with Crippen LogP contribution in [0.2, 0.25) is 0 Å². The maximum absolute atomic E-state index is 4.50. The summed E-state index contributed by atoms with van der Waals surface area (Å²) in [6, 6.07) is 20.8. The summed E-state index contributed by atoms with van der Waals surface area (Å²) >= 11 is 0. The number of fused-ring (bicyclic) bond motifs is 3. The number of aromatic nitrogens is 2. The molecule has 2 aromatic carbocycles. The Bertz CT molecular complexity index is 934. The molecule has 0 aliphatic carbocycles. The first-order valence-electron chi connectivity index (χ1n) is 6.99. The van der Waals surface area contributed by atoms with Gasteiger partial charge in [-0.3, -0.25) is 4.98 Å². The molecule has 0 fully saturated rings. The molecule has 0 unspecified atom stereocenters. The summed E-state index contributed by atoms with van der Waals surface area (Å²) in [5, 5.41) is 0. The van der Waals surface area contributed by atoms with E-state index in [2.05, 4.69) is 64.1 Å². The van der Waals surface area contributed by atoms with E-state index < -0.39 is 0 Å². The van der Waals surface area contributed by atoms with Gasteiger partial charge in [-0.2, -0.15) is 0 Å². The number of rotatable bonds is 2. The zero-order valence-corrected chi connectivity index (χ0v) is 11.5. The zero-order valence-electron chi connectivity index (χ0n) is 11.5. The minimum atomic E-state index is 1.01. The summed E-state index contributed by atoms with van der Waals surface area (Å²) in [5.41, 5.74) is 5.64. The standard InChI is InChI=1S/C19H14N2/c1-2-5-15(6-3-1)8-9-16-10-11-18-19(13-16)21-12-4-7-17(21)14-20-18/h1-14H/b9-8+. The first-order valence-corrected chi connectivity index (χ1v) is 6.99. The monoisotopic (exact) mass is 270 g/mol. The predicted molar refractivity (Wildman–Crippen MR) is 88.1 cm³/mol. The third-order valence-electron chi connectivity index (χ3n) is 3.64. The number of hydrogen-bond acceptors (Lipinski definition) is 1. The minimum Gasteiger partial charge on any atom is -0.314 e. The van der Waals surface area contributed by atoms with Crippen LogP contribution < -0.4 is 0 Å². The summed E-state index contributed by atoms with van der Waals surface area (Å²) < 4.78 is 2.17. The lowest BCUT2D eigenvalue weighted by Crippen LogP contribution is -1.89. The summed E-state index contributed by atoms with van der Waals surface area (Å²) in [6.45, 7) is 0. The quantitative estimate of drug-likeness (QED) is 0.484. The lowest BCUT2D eigenvalue weighted by atomic mass is 10.1. The largest absolute Gasteiger partial charge is 0.314 e. The molecule has 0 bridgehead atoms. The van der Waals surface area contributed by atoms with Gasteiger partial charge < -0.3 is 4.40 Å². The Labute approximate surface area is 123 Å². The molecule has 2 heteroatoms. The molecule has 2 aromatic heterocycles. The predicted octanol–water partition coefficient (Wildman–Crippen LogP) is 4.66. The van der Waals surface area contributed by atoms with Crippen molar-refractivity contribution in [1.82, 2.24) is 9.38 Å². The topological polar surface area (TPSA) is 17.3 Å². The molecule has 21 heavy (non-hydrogen) atoms. The molecule has 100 valence electrons. The first kappa shape index (κ1) is 11.9. The van der Waals surface area contributed by atoms with Crippen LogP contribution >= 0.6 is 0 Å². The van der Waals surface area contributed by atoms with Crippen molar-refractivity contribution in [3.05, 3.63) is 84.2 Å². The van der Waals surface area contributed by atoms with Crippen molar-refractivity contribution >= 4 is 28.7 Å². The smallest absolute Gasteiger partial charge is 0.0871 e. The van der Waals surface area contributed by atoms with Crippen LogP contribution in [0.3, 0.4) is 0 Å². The molecule has 0 N–H and O–H groups in total. The van der Waals surface area contributed by atoms with Gasteiger partial charge in [-0.05, 0) is 35.4 Å². The summed E-state index contributed by atoms with van der Waals surface area (Å²) in [6.07, 6.45) is 8.24. The van der Waals surface area contributed by atoms with Gasteiger partial charge in [0.15, 0.2) is 0 Å². The second-order valence-electron chi connectivity index (χ2n) is 5.05. The highest BCUT2D eigenvalue weighted by molar-refractivity contribution is 5.82. The lowest BCUT2D eigenvalue weighted by Gasteiger charge is -2.03. The van der Waals surface area contributed by atoms with Crippen molar-refractivity contribution in [2.75, 3.05) is 0 Å². The third kappa shape index (κ3) is 2.21. The van der Waals surface area contributed by atoms with Crippen LogP contribution in [0.1, 0.15) is 11.1 Å². The van der Waals surface area contributed by atoms with Crippen molar-refractivity contribution < 1.29 is 0 Å². The van der Waals surface area contributed by atoms with Gasteiger partial charge in [0.1, 0.15) is 0 Å². The highest BCUT2D eigenvalue weighted by Crippen LogP contribution is 2.18. The Kier molecular flexibility index (Phi) is 2.79. The molecule has 0 radical (unpaired) electrons. The SMILES string of the molecule is C(=C\c1ccc2ncc3cccn3c2c1)/c1ccccc1. The van der Waals surface area contributed by atoms with Crippen molar-refractivity contribution in [2.45, 2.75) is 0 Å². The third-order valence-corrected chi connectivity index (χ3v) is 3.64. The summed E-state index contributed by atoms with van der Waals surface area (Å²) in [4.78, 5) is 4.50. The van der Waals surface area contributed by atoms with E-state index in [9.17, 15) is 0 Å². The van der Waals surface area contributed by atoms with Crippen LogP contribution in [-0.4, -0.2) is 9.38 Å². The van der Waals surface area contributed by atoms with Crippen LogP contribution in [0, 0.1) is 0 Å². The number of nitrogens with zero attached hydrogens (tertiary/aromatic N) is 2. The molecular weight excluding hydrogens is 256 g/mol. The minimum absolute atomic E-state index is 1.01. The van der Waals surface area contributed by atoms with E-state index in [0.29, 0.717) is 0 Å². The highest BCUT2D eigenvalue weighted by atomic mass is 14.9. The zero-order chi connectivity index (χ0) is 14.1. The van der Waals surface area contributed by atoms with Crippen LogP contribution in [0.15, 0.2) is 73.1 Å². The molecule has 0 amide bonds. The first-order chi connectivity index (χ1) is 10.4. The van der Waals surface area contributed by atoms with Crippen molar-refractivity contribution in [1.29, 1.82) is 0 Å². The Morgan fingerprint density at radius 3 is 2.57 bits per heavy atom. The van der Waals surface area contributed by atoms with Gasteiger partial charge in [-0.15, -0.1) is 0 Å². The normalized spacial score (nSPS) is 11.6.